The van der Waals surface area contributed by atoms with Crippen LogP contribution in [0.5, 0.6) is 5.75 Å². The van der Waals surface area contributed by atoms with Crippen LogP contribution >= 0.6 is 0 Å². The predicted octanol–water partition coefficient (Wildman–Crippen LogP) is 16.2. The van der Waals surface area contributed by atoms with Crippen LogP contribution < -0.4 is 0 Å². The van der Waals surface area contributed by atoms with E-state index in [-0.39, 0.29) is 16.6 Å². The average molecular weight is 840 g/mol. The molecule has 0 amide bonds. The van der Waals surface area contributed by atoms with Crippen molar-refractivity contribution in [2.24, 2.45) is 0 Å². The second-order valence-electron chi connectivity index (χ2n) is 19.1. The average Bonchev–Trinajstić information content (AvgIpc) is 3.70. The lowest BCUT2D eigenvalue weighted by Gasteiger charge is -2.27. The van der Waals surface area contributed by atoms with Crippen molar-refractivity contribution < 1.29 is 10.6 Å². The Morgan fingerprint density at radius 2 is 1.23 bits per heavy atom. The van der Waals surface area contributed by atoms with Crippen LogP contribution in [0.4, 0.5) is 0 Å². The van der Waals surface area contributed by atoms with E-state index in [1.165, 1.54) is 0 Å². The van der Waals surface area contributed by atoms with Gasteiger partial charge in [0.25, 0.3) is 0 Å². The molecule has 7 aromatic carbocycles. The van der Waals surface area contributed by atoms with Crippen molar-refractivity contribution in [3.63, 3.8) is 0 Å². The summed E-state index contributed by atoms with van der Waals surface area (Å²) in [4.78, 5) is 10.5. The Labute approximate surface area is 384 Å². The van der Waals surface area contributed by atoms with Gasteiger partial charge in [-0.3, -0.25) is 9.55 Å². The monoisotopic (exact) mass is 839 g/mol. The molecule has 4 heteroatoms. The molecule has 0 fully saturated rings. The fourth-order valence-electron chi connectivity index (χ4n) is 8.62. The lowest BCUT2D eigenvalue weighted by Crippen LogP contribution is -2.17. The SMILES string of the molecule is [2H]C([2H])([2H])c1ccc(-c2ccnc(-c3cc(-c4ccccc4)cc(-c4cccc5c4nc(-c4cc(C(C)(C)C)cc(C(C)(C)C)c4O)n5-c4ccc(C([2H])(C)C)cc4-c4ccccc4)c3)c2)cc1. The maximum atomic E-state index is 12.6. The molecule has 64 heavy (non-hydrogen) atoms. The first-order valence-corrected chi connectivity index (χ1v) is 22.0. The zero-order valence-electron chi connectivity index (χ0n) is 42.0. The summed E-state index contributed by atoms with van der Waals surface area (Å²) in [7, 11) is 0. The summed E-state index contributed by atoms with van der Waals surface area (Å²) >= 11 is 0. The van der Waals surface area contributed by atoms with Gasteiger partial charge < -0.3 is 5.11 Å². The Hall–Kier alpha value is -7.04. The van der Waals surface area contributed by atoms with Crippen molar-refractivity contribution in [2.45, 2.75) is 79.0 Å². The molecule has 0 saturated heterocycles. The van der Waals surface area contributed by atoms with Gasteiger partial charge in [0.05, 0.1) is 28.0 Å². The summed E-state index contributed by atoms with van der Waals surface area (Å²) in [6.07, 6.45) is 1.80. The highest BCUT2D eigenvalue weighted by Gasteiger charge is 2.29. The first-order chi connectivity index (χ1) is 32.1. The largest absolute Gasteiger partial charge is 0.507 e. The Bertz CT molecular complexity index is 3310. The van der Waals surface area contributed by atoms with Gasteiger partial charge in [0.15, 0.2) is 0 Å². The number of aromatic nitrogens is 3. The summed E-state index contributed by atoms with van der Waals surface area (Å²) in [5.74, 6) is -0.0491. The third-order valence-corrected chi connectivity index (χ3v) is 12.2. The second kappa shape index (κ2) is 16.6. The van der Waals surface area contributed by atoms with Crippen molar-refractivity contribution in [3.8, 4) is 78.6 Å². The Morgan fingerprint density at radius 3 is 1.91 bits per heavy atom. The number of hydrogen-bond acceptors (Lipinski definition) is 3. The first kappa shape index (κ1) is 37.5. The minimum absolute atomic E-state index is 0.196. The fourth-order valence-corrected chi connectivity index (χ4v) is 8.62. The highest BCUT2D eigenvalue weighted by atomic mass is 16.3. The second-order valence-corrected chi connectivity index (χ2v) is 19.1. The van der Waals surface area contributed by atoms with E-state index in [2.05, 4.69) is 137 Å². The van der Waals surface area contributed by atoms with Crippen LogP contribution in [0, 0.1) is 6.85 Å². The number of fused-ring (bicyclic) bond motifs is 1. The third kappa shape index (κ3) is 8.17. The molecule has 2 heterocycles. The summed E-state index contributed by atoms with van der Waals surface area (Å²) in [5, 5.41) is 12.6. The van der Waals surface area contributed by atoms with E-state index in [4.69, 9.17) is 15.5 Å². The molecular formula is C60H57N3O. The van der Waals surface area contributed by atoms with Crippen molar-refractivity contribution >= 4 is 11.0 Å². The molecule has 0 atom stereocenters. The van der Waals surface area contributed by atoms with E-state index in [1.807, 2.05) is 74.5 Å². The van der Waals surface area contributed by atoms with Crippen molar-refractivity contribution in [2.75, 3.05) is 0 Å². The van der Waals surface area contributed by atoms with E-state index >= 15 is 0 Å². The molecule has 0 aliphatic carbocycles. The lowest BCUT2D eigenvalue weighted by molar-refractivity contribution is 0.446. The van der Waals surface area contributed by atoms with Gasteiger partial charge >= 0.3 is 0 Å². The number of phenols is 1. The smallest absolute Gasteiger partial charge is 0.149 e. The van der Waals surface area contributed by atoms with Crippen LogP contribution in [0.15, 0.2) is 170 Å². The number of imidazole rings is 1. The molecule has 0 saturated carbocycles. The summed E-state index contributed by atoms with van der Waals surface area (Å²) < 4.78 is 34.9. The molecule has 0 aliphatic heterocycles. The highest BCUT2D eigenvalue weighted by Crippen LogP contribution is 2.46. The van der Waals surface area contributed by atoms with Crippen LogP contribution in [0.1, 0.15) is 89.0 Å². The molecule has 2 aromatic heterocycles. The maximum absolute atomic E-state index is 12.6. The van der Waals surface area contributed by atoms with Gasteiger partial charge in [-0.05, 0) is 123 Å². The van der Waals surface area contributed by atoms with Gasteiger partial charge in [0.1, 0.15) is 11.6 Å². The first-order valence-electron chi connectivity index (χ1n) is 24.0. The number of benzene rings is 7. The van der Waals surface area contributed by atoms with Crippen LogP contribution in [-0.4, -0.2) is 19.6 Å². The number of phenolic OH excluding ortho intramolecular Hbond substituents is 1. The zero-order chi connectivity index (χ0) is 48.3. The number of hydrogen-bond donors (Lipinski definition) is 1. The molecule has 1 N–H and O–H groups in total. The molecule has 0 bridgehead atoms. The number of aryl methyl sites for hydroxylation is 1. The molecule has 318 valence electrons. The molecule has 0 unspecified atom stereocenters. The van der Waals surface area contributed by atoms with Gasteiger partial charge in [0, 0.05) is 33.9 Å². The minimum Gasteiger partial charge on any atom is -0.507 e. The van der Waals surface area contributed by atoms with Crippen LogP contribution in [0.2, 0.25) is 0 Å². The quantitative estimate of drug-likeness (QED) is 0.166. The van der Waals surface area contributed by atoms with E-state index in [1.54, 1.807) is 18.3 Å². The third-order valence-electron chi connectivity index (χ3n) is 12.2. The number of nitrogens with zero attached hydrogens (tertiary/aromatic N) is 3. The van der Waals surface area contributed by atoms with Gasteiger partial charge in [-0.2, -0.15) is 0 Å². The summed E-state index contributed by atoms with van der Waals surface area (Å²) in [6, 6.07) is 55.0. The van der Waals surface area contributed by atoms with Crippen molar-refractivity contribution in [3.05, 3.63) is 192 Å². The number of pyridine rings is 1. The van der Waals surface area contributed by atoms with E-state index in [9.17, 15) is 5.11 Å². The molecular weight excluding hydrogens is 779 g/mol. The molecule has 9 aromatic rings. The van der Waals surface area contributed by atoms with Crippen molar-refractivity contribution in [1.29, 1.82) is 0 Å². The van der Waals surface area contributed by atoms with Gasteiger partial charge in [0.2, 0.25) is 0 Å². The van der Waals surface area contributed by atoms with Crippen LogP contribution in [0.25, 0.3) is 83.9 Å². The topological polar surface area (TPSA) is 50.9 Å². The normalized spacial score (nSPS) is 13.3. The highest BCUT2D eigenvalue weighted by molar-refractivity contribution is 5.98. The molecule has 4 nitrogen and oxygen atoms in total. The molecule has 0 spiro atoms. The van der Waals surface area contributed by atoms with Crippen molar-refractivity contribution in [1.82, 2.24) is 14.5 Å². The summed E-state index contributed by atoms with van der Waals surface area (Å²) in [6.45, 7) is 14.6. The Balaban J connectivity index is 1.34. The number of aromatic hydroxyl groups is 1. The van der Waals surface area contributed by atoms with Gasteiger partial charge in [-0.15, -0.1) is 0 Å². The van der Waals surface area contributed by atoms with E-state index in [0.717, 1.165) is 89.2 Å². The molecule has 9 rings (SSSR count). The minimum atomic E-state index is -2.18. The fraction of sp³-hybridized carbons (Fsp3) is 0.200. The summed E-state index contributed by atoms with van der Waals surface area (Å²) in [5.41, 5.74) is 15.0. The van der Waals surface area contributed by atoms with Gasteiger partial charge in [-0.1, -0.05) is 170 Å². The zero-order valence-corrected chi connectivity index (χ0v) is 38.0. The standard InChI is InChI=1S/C60H57N3O/c1-38(2)43-27-28-54(50(34-43)42-19-14-11-15-20-42)63-55-22-16-21-49(56(55)62-58(63)51-36-48(59(4,5)6)37-52(57(51)64)60(7,8)9)46-31-45(40-17-12-10-13-18-40)32-47(33-46)53-35-44(29-30-61-53)41-25-23-39(3)24-26-41/h10-38,64H,1-9H3/i3D3,38D. The maximum Gasteiger partial charge on any atom is 0.149 e. The number of para-hydroxylation sites is 1. The van der Waals surface area contributed by atoms with E-state index in [0.29, 0.717) is 17.0 Å². The number of rotatable bonds is 8. The predicted molar refractivity (Wildman–Crippen MR) is 269 cm³/mol. The van der Waals surface area contributed by atoms with Gasteiger partial charge in [-0.25, -0.2) is 4.98 Å². The van der Waals surface area contributed by atoms with Crippen LogP contribution in [0.3, 0.4) is 0 Å². The molecule has 0 radical (unpaired) electrons. The van der Waals surface area contributed by atoms with E-state index < -0.39 is 12.7 Å². The van der Waals surface area contributed by atoms with Crippen LogP contribution in [-0.2, 0) is 10.8 Å². The Kier molecular flexibility index (Phi) is 9.72. The lowest BCUT2D eigenvalue weighted by atomic mass is 9.79. The molecule has 0 aliphatic rings. The Morgan fingerprint density at radius 1 is 0.562 bits per heavy atom.